The molecule has 2 aliphatic rings. The van der Waals surface area contributed by atoms with Crippen molar-refractivity contribution in [3.63, 3.8) is 0 Å². The van der Waals surface area contributed by atoms with E-state index in [1.807, 2.05) is 18.7 Å². The molecule has 1 aliphatic heterocycles. The second-order valence-corrected chi connectivity index (χ2v) is 8.18. The summed E-state index contributed by atoms with van der Waals surface area (Å²) in [5.41, 5.74) is 2.75. The number of urea groups is 1. The second kappa shape index (κ2) is 10.1. The maximum absolute atomic E-state index is 12.3. The van der Waals surface area contributed by atoms with Gasteiger partial charge < -0.3 is 24.6 Å². The minimum atomic E-state index is 0.0360. The Morgan fingerprint density at radius 1 is 1.13 bits per heavy atom. The molecule has 0 radical (unpaired) electrons. The first-order chi connectivity index (χ1) is 15.2. The van der Waals surface area contributed by atoms with E-state index in [0.717, 1.165) is 87.5 Å². The number of carbonyl (C=O) groups excluding carboxylic acids is 1. The minimum absolute atomic E-state index is 0.0360. The zero-order valence-corrected chi connectivity index (χ0v) is 18.5. The van der Waals surface area contributed by atoms with Crippen molar-refractivity contribution in [3.8, 4) is 5.75 Å². The third kappa shape index (κ3) is 5.18. The monoisotopic (exact) mass is 427 g/mol. The van der Waals surface area contributed by atoms with Crippen molar-refractivity contribution in [3.05, 3.63) is 24.5 Å². The van der Waals surface area contributed by atoms with Gasteiger partial charge in [-0.1, -0.05) is 0 Å². The number of fused-ring (bicyclic) bond motifs is 1. The lowest BCUT2D eigenvalue weighted by Crippen LogP contribution is -2.46. The Labute approximate surface area is 183 Å². The molecule has 4 rings (SSSR count). The number of carbonyl (C=O) groups is 1. The lowest BCUT2D eigenvalue weighted by Gasteiger charge is -2.32. The van der Waals surface area contributed by atoms with E-state index in [1.165, 1.54) is 0 Å². The normalized spacial score (nSPS) is 21.7. The summed E-state index contributed by atoms with van der Waals surface area (Å²) in [5.74, 6) is 0.794. The lowest BCUT2D eigenvalue weighted by molar-refractivity contribution is 0.122. The summed E-state index contributed by atoms with van der Waals surface area (Å²) in [6.45, 7) is 8.67. The van der Waals surface area contributed by atoms with Gasteiger partial charge in [0.05, 0.1) is 24.8 Å². The first-order valence-electron chi connectivity index (χ1n) is 11.5. The molecule has 1 saturated heterocycles. The van der Waals surface area contributed by atoms with Gasteiger partial charge in [-0.2, -0.15) is 0 Å². The molecule has 2 fully saturated rings. The third-order valence-electron chi connectivity index (χ3n) is 6.25. The molecular formula is C23H33N5O3. The highest BCUT2D eigenvalue weighted by atomic mass is 16.5. The number of nitrogens with zero attached hydrogens (tertiary/aromatic N) is 4. The molecule has 1 aromatic heterocycles. The maximum Gasteiger partial charge on any atom is 0.317 e. The molecule has 0 atom stereocenters. The molecule has 2 heterocycles. The number of nitrogens with one attached hydrogen (secondary N) is 1. The Hall–Kier alpha value is -2.61. The fourth-order valence-electron chi connectivity index (χ4n) is 4.40. The Kier molecular flexibility index (Phi) is 7.06. The molecule has 31 heavy (non-hydrogen) atoms. The highest BCUT2D eigenvalue weighted by Gasteiger charge is 2.26. The molecule has 2 aromatic rings. The van der Waals surface area contributed by atoms with Gasteiger partial charge in [0.2, 0.25) is 0 Å². The summed E-state index contributed by atoms with van der Waals surface area (Å²) >= 11 is 0. The van der Waals surface area contributed by atoms with Crippen LogP contribution in [0, 0.1) is 0 Å². The van der Waals surface area contributed by atoms with Crippen molar-refractivity contribution >= 4 is 22.8 Å². The summed E-state index contributed by atoms with van der Waals surface area (Å²) in [6.07, 6.45) is 7.21. The number of ether oxygens (including phenoxy) is 2. The molecule has 1 aliphatic carbocycles. The van der Waals surface area contributed by atoms with Crippen molar-refractivity contribution in [2.45, 2.75) is 51.7 Å². The number of benzene rings is 1. The molecule has 0 unspecified atom stereocenters. The number of aromatic nitrogens is 2. The van der Waals surface area contributed by atoms with E-state index >= 15 is 0 Å². The Balaban J connectivity index is 1.42. The number of hydrogen-bond donors (Lipinski definition) is 1. The summed E-state index contributed by atoms with van der Waals surface area (Å²) in [4.78, 5) is 25.5. The Bertz CT molecular complexity index is 875. The van der Waals surface area contributed by atoms with E-state index in [-0.39, 0.29) is 18.2 Å². The zero-order valence-electron chi connectivity index (χ0n) is 18.5. The molecule has 1 aromatic carbocycles. The third-order valence-corrected chi connectivity index (χ3v) is 6.25. The standard InChI is InChI=1S/C23H33N5O3/c1-3-27(4-2)23(29)26-17-5-7-19(8-6-17)31-21-16-18(28-11-13-30-14-12-28)15-20-22(21)25-10-9-24-20/h9-10,15-17,19H,3-8,11-14H2,1-2H3,(H,26,29). The highest BCUT2D eigenvalue weighted by Crippen LogP contribution is 2.33. The van der Waals surface area contributed by atoms with Crippen molar-refractivity contribution in [2.24, 2.45) is 0 Å². The van der Waals surface area contributed by atoms with E-state index in [2.05, 4.69) is 32.3 Å². The average molecular weight is 428 g/mol. The fourth-order valence-corrected chi connectivity index (χ4v) is 4.40. The highest BCUT2D eigenvalue weighted by molar-refractivity contribution is 5.85. The van der Waals surface area contributed by atoms with Crippen molar-refractivity contribution < 1.29 is 14.3 Å². The van der Waals surface area contributed by atoms with Crippen LogP contribution in [0.1, 0.15) is 39.5 Å². The molecule has 1 N–H and O–H groups in total. The average Bonchev–Trinajstić information content (AvgIpc) is 2.81. The van der Waals surface area contributed by atoms with Gasteiger partial charge in [0.25, 0.3) is 0 Å². The van der Waals surface area contributed by atoms with Crippen LogP contribution in [0.4, 0.5) is 10.5 Å². The van der Waals surface area contributed by atoms with Crippen LogP contribution in [0.25, 0.3) is 11.0 Å². The van der Waals surface area contributed by atoms with Crippen LogP contribution in [-0.4, -0.2) is 72.4 Å². The minimum Gasteiger partial charge on any atom is -0.488 e. The van der Waals surface area contributed by atoms with Gasteiger partial charge >= 0.3 is 6.03 Å². The summed E-state index contributed by atoms with van der Waals surface area (Å²) in [5, 5.41) is 3.18. The van der Waals surface area contributed by atoms with Crippen LogP contribution < -0.4 is 15.0 Å². The van der Waals surface area contributed by atoms with Gasteiger partial charge in [-0.25, -0.2) is 9.78 Å². The zero-order chi connectivity index (χ0) is 21.6. The Morgan fingerprint density at radius 3 is 2.55 bits per heavy atom. The largest absolute Gasteiger partial charge is 0.488 e. The van der Waals surface area contributed by atoms with Gasteiger partial charge in [0.15, 0.2) is 0 Å². The van der Waals surface area contributed by atoms with Gasteiger partial charge in [0.1, 0.15) is 11.3 Å². The summed E-state index contributed by atoms with van der Waals surface area (Å²) < 4.78 is 12.0. The SMILES string of the molecule is CCN(CC)C(=O)NC1CCC(Oc2cc(N3CCOCC3)cc3nccnc23)CC1. The van der Waals surface area contributed by atoms with E-state index < -0.39 is 0 Å². The predicted octanol–water partition coefficient (Wildman–Crippen LogP) is 3.21. The number of anilines is 1. The van der Waals surface area contributed by atoms with E-state index in [0.29, 0.717) is 0 Å². The molecule has 0 bridgehead atoms. The number of amides is 2. The Morgan fingerprint density at radius 2 is 1.84 bits per heavy atom. The topological polar surface area (TPSA) is 79.8 Å². The van der Waals surface area contributed by atoms with Crippen LogP contribution in [0.15, 0.2) is 24.5 Å². The number of hydrogen-bond acceptors (Lipinski definition) is 6. The first kappa shape index (κ1) is 21.6. The van der Waals surface area contributed by atoms with E-state index in [1.54, 1.807) is 12.4 Å². The molecule has 2 amide bonds. The quantitative estimate of drug-likeness (QED) is 0.763. The van der Waals surface area contributed by atoms with Gasteiger partial charge in [-0.05, 0) is 45.6 Å². The summed E-state index contributed by atoms with van der Waals surface area (Å²) in [6, 6.07) is 4.43. The van der Waals surface area contributed by atoms with Gasteiger partial charge in [-0.15, -0.1) is 0 Å². The van der Waals surface area contributed by atoms with Crippen molar-refractivity contribution in [1.29, 1.82) is 0 Å². The van der Waals surface area contributed by atoms with Crippen LogP contribution in [0.5, 0.6) is 5.75 Å². The molecule has 0 spiro atoms. The second-order valence-electron chi connectivity index (χ2n) is 8.18. The fraction of sp³-hybridized carbons (Fsp3) is 0.609. The van der Waals surface area contributed by atoms with Gasteiger partial charge in [-0.3, -0.25) is 4.98 Å². The molecular weight excluding hydrogens is 394 g/mol. The molecule has 8 heteroatoms. The number of morpholine rings is 1. The van der Waals surface area contributed by atoms with Crippen LogP contribution in [0.2, 0.25) is 0 Å². The van der Waals surface area contributed by atoms with Crippen LogP contribution >= 0.6 is 0 Å². The van der Waals surface area contributed by atoms with Crippen molar-refractivity contribution in [2.75, 3.05) is 44.3 Å². The molecule has 1 saturated carbocycles. The van der Waals surface area contributed by atoms with E-state index in [9.17, 15) is 4.79 Å². The van der Waals surface area contributed by atoms with E-state index in [4.69, 9.17) is 9.47 Å². The lowest BCUT2D eigenvalue weighted by atomic mass is 9.93. The van der Waals surface area contributed by atoms with Crippen LogP contribution in [0.3, 0.4) is 0 Å². The first-order valence-corrected chi connectivity index (χ1v) is 11.5. The van der Waals surface area contributed by atoms with Gasteiger partial charge in [0, 0.05) is 56.4 Å². The van der Waals surface area contributed by atoms with Crippen LogP contribution in [-0.2, 0) is 4.74 Å². The predicted molar refractivity (Wildman–Crippen MR) is 121 cm³/mol. The smallest absolute Gasteiger partial charge is 0.317 e. The molecule has 8 nitrogen and oxygen atoms in total. The molecule has 168 valence electrons. The van der Waals surface area contributed by atoms with Crippen molar-refractivity contribution in [1.82, 2.24) is 20.2 Å². The number of rotatable bonds is 6. The summed E-state index contributed by atoms with van der Waals surface area (Å²) in [7, 11) is 0. The maximum atomic E-state index is 12.3.